The van der Waals surface area contributed by atoms with E-state index >= 15 is 0 Å². The highest BCUT2D eigenvalue weighted by molar-refractivity contribution is 5.69. The Kier molecular flexibility index (Phi) is 19.4. The number of esters is 1. The molecule has 180 valence electrons. The van der Waals surface area contributed by atoms with Crippen LogP contribution in [0.5, 0.6) is 0 Å². The van der Waals surface area contributed by atoms with E-state index in [4.69, 9.17) is 9.84 Å². The predicted octanol–water partition coefficient (Wildman–Crippen LogP) is 2.56. The molecule has 31 heavy (non-hydrogen) atoms. The van der Waals surface area contributed by atoms with Gasteiger partial charge in [0.1, 0.15) is 31.0 Å². The Balaban J connectivity index is 3.63. The molecule has 0 fully saturated rings. The highest BCUT2D eigenvalue weighted by Crippen LogP contribution is 2.10. The molecule has 7 heteroatoms. The van der Waals surface area contributed by atoms with Crippen molar-refractivity contribution in [3.8, 4) is 0 Å². The second-order valence-corrected chi connectivity index (χ2v) is 7.58. The summed E-state index contributed by atoms with van der Waals surface area (Å²) in [7, 11) is 0. The molecule has 0 heterocycles. The van der Waals surface area contributed by atoms with Crippen LogP contribution in [0.4, 0.5) is 0 Å². The Labute approximate surface area is 186 Å². The zero-order chi connectivity index (χ0) is 23.3. The Hall–Kier alpha value is -1.51. The van der Waals surface area contributed by atoms with E-state index in [9.17, 15) is 25.2 Å². The molecule has 0 rings (SSSR count). The molecule has 7 nitrogen and oxygen atoms in total. The van der Waals surface area contributed by atoms with Gasteiger partial charge in [-0.15, -0.1) is 0 Å². The minimum Gasteiger partial charge on any atom is -0.463 e. The summed E-state index contributed by atoms with van der Waals surface area (Å²) >= 11 is 0. The van der Waals surface area contributed by atoms with E-state index in [2.05, 4.69) is 43.4 Å². The van der Waals surface area contributed by atoms with Gasteiger partial charge in [-0.25, -0.2) is 0 Å². The Morgan fingerprint density at radius 2 is 1.32 bits per heavy atom. The van der Waals surface area contributed by atoms with Crippen LogP contribution in [0.2, 0.25) is 0 Å². The normalized spacial score (nSPS) is 16.2. The van der Waals surface area contributed by atoms with E-state index in [1.165, 1.54) is 0 Å². The molecular weight excluding hydrogens is 400 g/mol. The summed E-state index contributed by atoms with van der Waals surface area (Å²) in [5.74, 6) is -0.482. The SMILES string of the molecule is CCC=CCC=CCC=CCCCCCCCC(=O)OC[C@H](O)[C@@H](O)[C@H](O)[C@H](O)CO. The lowest BCUT2D eigenvalue weighted by molar-refractivity contribution is -0.156. The van der Waals surface area contributed by atoms with E-state index in [0.29, 0.717) is 6.42 Å². The molecule has 0 aromatic rings. The van der Waals surface area contributed by atoms with E-state index in [-0.39, 0.29) is 6.42 Å². The fourth-order valence-electron chi connectivity index (χ4n) is 2.80. The van der Waals surface area contributed by atoms with Gasteiger partial charge < -0.3 is 30.3 Å². The number of carbonyl (C=O) groups is 1. The monoisotopic (exact) mass is 442 g/mol. The maximum atomic E-state index is 11.7. The average Bonchev–Trinajstić information content (AvgIpc) is 2.78. The molecule has 5 N–H and O–H groups in total. The third kappa shape index (κ3) is 16.8. The quantitative estimate of drug-likeness (QED) is 0.118. The molecule has 0 spiro atoms. The fraction of sp³-hybridized carbons (Fsp3) is 0.708. The number of rotatable bonds is 19. The molecule has 4 atom stereocenters. The van der Waals surface area contributed by atoms with E-state index in [0.717, 1.165) is 51.4 Å². The third-order valence-electron chi connectivity index (χ3n) is 4.77. The number of unbranched alkanes of at least 4 members (excludes halogenated alkanes) is 5. The third-order valence-corrected chi connectivity index (χ3v) is 4.77. The molecule has 0 aromatic carbocycles. The van der Waals surface area contributed by atoms with Gasteiger partial charge in [0.05, 0.1) is 6.61 Å². The number of hydrogen-bond donors (Lipinski definition) is 5. The molecule has 0 amide bonds. The van der Waals surface area contributed by atoms with Crippen molar-refractivity contribution in [2.45, 2.75) is 95.5 Å². The average molecular weight is 443 g/mol. The smallest absolute Gasteiger partial charge is 0.305 e. The minimum absolute atomic E-state index is 0.227. The van der Waals surface area contributed by atoms with Crippen LogP contribution >= 0.6 is 0 Å². The summed E-state index contributed by atoms with van der Waals surface area (Å²) in [6, 6.07) is 0. The van der Waals surface area contributed by atoms with Gasteiger partial charge in [0.15, 0.2) is 0 Å². The number of carbonyl (C=O) groups excluding carboxylic acids is 1. The first-order valence-electron chi connectivity index (χ1n) is 11.4. The van der Waals surface area contributed by atoms with Gasteiger partial charge >= 0.3 is 5.97 Å². The summed E-state index contributed by atoms with van der Waals surface area (Å²) in [5.41, 5.74) is 0. The zero-order valence-electron chi connectivity index (χ0n) is 18.8. The lowest BCUT2D eigenvalue weighted by Gasteiger charge is -2.25. The molecule has 0 aromatic heterocycles. The van der Waals surface area contributed by atoms with Crippen molar-refractivity contribution >= 4 is 5.97 Å². The van der Waals surface area contributed by atoms with Crippen molar-refractivity contribution in [1.82, 2.24) is 0 Å². The van der Waals surface area contributed by atoms with Crippen molar-refractivity contribution in [3.63, 3.8) is 0 Å². The molecule has 0 aliphatic carbocycles. The molecule has 0 unspecified atom stereocenters. The molecule has 0 saturated heterocycles. The highest BCUT2D eigenvalue weighted by Gasteiger charge is 2.30. The topological polar surface area (TPSA) is 127 Å². The summed E-state index contributed by atoms with van der Waals surface area (Å²) < 4.78 is 4.89. The van der Waals surface area contributed by atoms with Crippen LogP contribution in [-0.4, -0.2) is 69.1 Å². The summed E-state index contributed by atoms with van der Waals surface area (Å²) in [6.45, 7) is 0.893. The lowest BCUT2D eigenvalue weighted by atomic mass is 10.0. The van der Waals surface area contributed by atoms with Crippen LogP contribution in [0.15, 0.2) is 36.5 Å². The minimum atomic E-state index is -1.72. The second-order valence-electron chi connectivity index (χ2n) is 7.58. The van der Waals surface area contributed by atoms with Crippen molar-refractivity contribution in [3.05, 3.63) is 36.5 Å². The Bertz CT molecular complexity index is 516. The van der Waals surface area contributed by atoms with Gasteiger partial charge in [-0.1, -0.05) is 62.6 Å². The largest absolute Gasteiger partial charge is 0.463 e. The Morgan fingerprint density at radius 3 is 1.97 bits per heavy atom. The fourth-order valence-corrected chi connectivity index (χ4v) is 2.80. The predicted molar refractivity (Wildman–Crippen MR) is 121 cm³/mol. The van der Waals surface area contributed by atoms with Crippen LogP contribution in [0.25, 0.3) is 0 Å². The van der Waals surface area contributed by atoms with Crippen LogP contribution in [0.1, 0.15) is 71.1 Å². The molecule has 0 bridgehead atoms. The highest BCUT2D eigenvalue weighted by atomic mass is 16.5. The molecular formula is C24H42O7. The summed E-state index contributed by atoms with van der Waals surface area (Å²) in [4.78, 5) is 11.7. The van der Waals surface area contributed by atoms with Crippen LogP contribution in [-0.2, 0) is 9.53 Å². The number of aliphatic hydroxyl groups is 5. The number of ether oxygens (including phenoxy) is 1. The zero-order valence-corrected chi connectivity index (χ0v) is 18.8. The first kappa shape index (κ1) is 29.5. The molecule has 0 saturated carbocycles. The van der Waals surface area contributed by atoms with Crippen LogP contribution < -0.4 is 0 Å². The van der Waals surface area contributed by atoms with Crippen molar-refractivity contribution in [2.24, 2.45) is 0 Å². The second kappa shape index (κ2) is 20.4. The van der Waals surface area contributed by atoms with Gasteiger partial charge in [-0.2, -0.15) is 0 Å². The van der Waals surface area contributed by atoms with Crippen molar-refractivity contribution in [2.75, 3.05) is 13.2 Å². The van der Waals surface area contributed by atoms with E-state index in [1.54, 1.807) is 0 Å². The van der Waals surface area contributed by atoms with Crippen molar-refractivity contribution in [1.29, 1.82) is 0 Å². The van der Waals surface area contributed by atoms with Gasteiger partial charge in [-0.3, -0.25) is 4.79 Å². The Morgan fingerprint density at radius 1 is 0.774 bits per heavy atom. The summed E-state index contributed by atoms with van der Waals surface area (Å²) in [6.07, 6.45) is 15.7. The maximum absolute atomic E-state index is 11.7. The maximum Gasteiger partial charge on any atom is 0.305 e. The number of allylic oxidation sites excluding steroid dienone is 6. The standard InChI is InChI=1S/C24H42O7/c1-2-3-4-5-6-7-8-9-10-11-12-13-14-15-16-17-22(28)31-19-21(27)24(30)23(29)20(26)18-25/h3-4,6-7,9-10,20-21,23-27,29-30H,2,5,8,11-19H2,1H3/t20-,21+,23-,24-/m1/s1. The lowest BCUT2D eigenvalue weighted by Crippen LogP contribution is -2.47. The van der Waals surface area contributed by atoms with Gasteiger partial charge in [0.25, 0.3) is 0 Å². The number of hydrogen-bond acceptors (Lipinski definition) is 7. The van der Waals surface area contributed by atoms with Crippen molar-refractivity contribution < 1.29 is 35.1 Å². The first-order valence-corrected chi connectivity index (χ1v) is 11.4. The van der Waals surface area contributed by atoms with Crippen LogP contribution in [0.3, 0.4) is 0 Å². The molecule has 0 radical (unpaired) electrons. The number of aliphatic hydroxyl groups excluding tert-OH is 5. The molecule has 0 aliphatic heterocycles. The van der Waals surface area contributed by atoms with Gasteiger partial charge in [-0.05, 0) is 38.5 Å². The van der Waals surface area contributed by atoms with Crippen LogP contribution in [0, 0.1) is 0 Å². The molecule has 0 aliphatic rings. The van der Waals surface area contributed by atoms with E-state index < -0.39 is 43.6 Å². The van der Waals surface area contributed by atoms with E-state index in [1.807, 2.05) is 0 Å². The summed E-state index contributed by atoms with van der Waals surface area (Å²) in [5, 5.41) is 46.8. The first-order chi connectivity index (χ1) is 14.9. The van der Waals surface area contributed by atoms with Gasteiger partial charge in [0, 0.05) is 6.42 Å². The van der Waals surface area contributed by atoms with Gasteiger partial charge in [0.2, 0.25) is 0 Å².